The van der Waals surface area contributed by atoms with Crippen molar-refractivity contribution in [1.29, 1.82) is 0 Å². The predicted octanol–water partition coefficient (Wildman–Crippen LogP) is 3.31. The van der Waals surface area contributed by atoms with Gasteiger partial charge in [-0.05, 0) is 13.8 Å². The van der Waals surface area contributed by atoms with Crippen molar-refractivity contribution in [3.05, 3.63) is 35.4 Å². The van der Waals surface area contributed by atoms with Crippen molar-refractivity contribution in [3.8, 4) is 0 Å². The largest absolute Gasteiger partial charge is 0.269 e. The Balaban J connectivity index is -0.000000189. The summed E-state index contributed by atoms with van der Waals surface area (Å²) < 4.78 is 0. The smallest absolute Gasteiger partial charge is 0.0398 e. The Kier molecular flexibility index (Phi) is 14.5. The molecule has 0 atom stereocenters. The van der Waals surface area contributed by atoms with Gasteiger partial charge in [-0.2, -0.15) is 0 Å². The highest BCUT2D eigenvalue weighted by atomic mass is 19.0. The van der Waals surface area contributed by atoms with Crippen LogP contribution in [-0.2, 0) is 0 Å². The summed E-state index contributed by atoms with van der Waals surface area (Å²) in [7, 11) is 0. The molecule has 2 heteroatoms. The van der Waals surface area contributed by atoms with E-state index in [1.807, 2.05) is 13.8 Å². The second-order valence-electron chi connectivity index (χ2n) is 2.16. The molecule has 1 rings (SSSR count). The molecule has 0 aliphatic rings. The molecule has 0 spiro atoms. The number of hydrogen-bond acceptors (Lipinski definition) is 0. The minimum atomic E-state index is 0. The fourth-order valence-corrected chi connectivity index (χ4v) is 0.807. The summed E-state index contributed by atoms with van der Waals surface area (Å²) in [4.78, 5) is 0. The summed E-state index contributed by atoms with van der Waals surface area (Å²) in [6.07, 6.45) is 0. The minimum Gasteiger partial charge on any atom is -0.269 e. The second-order valence-corrected chi connectivity index (χ2v) is 2.16. The van der Waals surface area contributed by atoms with Crippen LogP contribution in [0.1, 0.15) is 25.0 Å². The van der Waals surface area contributed by atoms with Gasteiger partial charge in [0.05, 0.1) is 0 Å². The van der Waals surface area contributed by atoms with Crippen molar-refractivity contribution in [2.75, 3.05) is 0 Å². The quantitative estimate of drug-likeness (QED) is 0.624. The third-order valence-corrected chi connectivity index (χ3v) is 1.17. The zero-order valence-corrected chi connectivity index (χ0v) is 8.16. The number of aryl methyl sites for hydroxylation is 2. The van der Waals surface area contributed by atoms with E-state index in [4.69, 9.17) is 0 Å². The van der Waals surface area contributed by atoms with Crippen LogP contribution in [0.15, 0.2) is 24.3 Å². The molecule has 1 aromatic rings. The number of rotatable bonds is 0. The first-order valence-electron chi connectivity index (χ1n) is 3.82. The van der Waals surface area contributed by atoms with E-state index in [2.05, 4.69) is 38.1 Å². The van der Waals surface area contributed by atoms with Crippen molar-refractivity contribution in [1.82, 2.24) is 0 Å². The van der Waals surface area contributed by atoms with Gasteiger partial charge in [-0.1, -0.05) is 49.2 Å². The van der Waals surface area contributed by atoms with Gasteiger partial charge >= 0.3 is 0 Å². The van der Waals surface area contributed by atoms with Crippen LogP contribution >= 0.6 is 0 Å². The van der Waals surface area contributed by atoms with Crippen molar-refractivity contribution in [2.24, 2.45) is 0 Å². The van der Waals surface area contributed by atoms with E-state index in [1.54, 1.807) is 0 Å². The Labute approximate surface area is 74.1 Å². The van der Waals surface area contributed by atoms with Gasteiger partial charge in [0, 0.05) is 0 Å². The van der Waals surface area contributed by atoms with Gasteiger partial charge in [-0.25, -0.2) is 0 Å². The Morgan fingerprint density at radius 2 is 1.25 bits per heavy atom. The van der Waals surface area contributed by atoms with E-state index < -0.39 is 0 Å². The fraction of sp³-hybridized carbons (Fsp3) is 0.400. The molecule has 0 heterocycles. The van der Waals surface area contributed by atoms with E-state index in [0.29, 0.717) is 0 Å². The molecule has 1 aromatic carbocycles. The van der Waals surface area contributed by atoms with Crippen molar-refractivity contribution in [2.45, 2.75) is 27.7 Å². The monoisotopic (exact) mass is 173 g/mol. The summed E-state index contributed by atoms with van der Waals surface area (Å²) in [5.41, 5.74) is 2.68. The van der Waals surface area contributed by atoms with E-state index >= 15 is 0 Å². The van der Waals surface area contributed by atoms with Gasteiger partial charge in [0.25, 0.3) is 0 Å². The van der Waals surface area contributed by atoms with Crippen LogP contribution in [0.2, 0.25) is 0 Å². The highest BCUT2D eigenvalue weighted by Gasteiger charge is 1.80. The van der Waals surface area contributed by atoms with E-state index in [1.165, 1.54) is 11.1 Å². The maximum absolute atomic E-state index is 2.17. The van der Waals surface area contributed by atoms with E-state index in [9.17, 15) is 0 Å². The van der Waals surface area contributed by atoms with E-state index in [0.717, 1.165) is 0 Å². The van der Waals surface area contributed by atoms with E-state index in [-0.39, 0.29) is 10.2 Å². The topological polar surface area (TPSA) is 30.0 Å². The van der Waals surface area contributed by atoms with Gasteiger partial charge in [0.2, 0.25) is 0 Å². The lowest BCUT2D eigenvalue weighted by Gasteiger charge is -1.90. The molecule has 71 valence electrons. The van der Waals surface area contributed by atoms with Crippen LogP contribution in [0.3, 0.4) is 0 Å². The molecule has 0 saturated carbocycles. The van der Waals surface area contributed by atoms with Crippen molar-refractivity contribution >= 4 is 0 Å². The molecule has 0 fully saturated rings. The summed E-state index contributed by atoms with van der Waals surface area (Å²) in [6.45, 7) is 8.21. The molecule has 1 N–H and O–H groups in total. The summed E-state index contributed by atoms with van der Waals surface area (Å²) in [5, 5.41) is 0. The van der Waals surface area contributed by atoms with Gasteiger partial charge < -0.3 is 0 Å². The molecule has 0 saturated heterocycles. The van der Waals surface area contributed by atoms with Gasteiger partial charge in [0.1, 0.15) is 0 Å². The highest BCUT2D eigenvalue weighted by Crippen LogP contribution is 2.00. The normalized spacial score (nSPS) is 6.67. The summed E-state index contributed by atoms with van der Waals surface area (Å²) >= 11 is 0. The van der Waals surface area contributed by atoms with Crippen LogP contribution in [0.5, 0.6) is 0 Å². The van der Waals surface area contributed by atoms with Crippen LogP contribution in [-0.4, -0.2) is 5.48 Å². The lowest BCUT2D eigenvalue weighted by Crippen LogP contribution is -1.71. The molecule has 0 unspecified atom stereocenters. The van der Waals surface area contributed by atoms with Crippen LogP contribution in [0, 0.1) is 13.8 Å². The molecule has 12 heavy (non-hydrogen) atoms. The average Bonchev–Trinajstić information content (AvgIpc) is 1.91. The number of hydrogen-bond donors (Lipinski definition) is 1. The van der Waals surface area contributed by atoms with Crippen LogP contribution in [0.4, 0.5) is 4.70 Å². The molecule has 0 amide bonds. The van der Waals surface area contributed by atoms with Crippen molar-refractivity contribution < 1.29 is 10.2 Å². The highest BCUT2D eigenvalue weighted by molar-refractivity contribution is 5.20. The molecule has 0 aliphatic carbocycles. The average molecular weight is 173 g/mol. The van der Waals surface area contributed by atoms with Gasteiger partial charge in [-0.3, -0.25) is 10.2 Å². The first-order valence-corrected chi connectivity index (χ1v) is 3.82. The molecule has 0 aromatic heterocycles. The minimum absolute atomic E-state index is 0. The lowest BCUT2D eigenvalue weighted by molar-refractivity contribution is 0.824. The third kappa shape index (κ3) is 7.22. The maximum atomic E-state index is 2.17. The first kappa shape index (κ1) is 17.3. The van der Waals surface area contributed by atoms with Crippen LogP contribution in [0.25, 0.3) is 0 Å². The molecule has 1 nitrogen and oxygen atoms in total. The Morgan fingerprint density at radius 1 is 0.917 bits per heavy atom. The second kappa shape index (κ2) is 10.1. The molecule has 0 aliphatic heterocycles. The maximum Gasteiger partial charge on any atom is -0.0398 e. The van der Waals surface area contributed by atoms with Gasteiger partial charge in [-0.15, -0.1) is 0 Å². The third-order valence-electron chi connectivity index (χ3n) is 1.17. The Bertz CT molecular complexity index is 170. The fourth-order valence-electron chi connectivity index (χ4n) is 0.807. The molecule has 1 radical (unpaired) electrons. The standard InChI is InChI=1S/C8H10.C2H6.FH.HO/c1-7-4-3-5-8(2)6-7;1-2;;/h3-6H,1-2H3;1-2H3;2*1H. The molecule has 0 bridgehead atoms. The molecular formula is C10H18FO. The molecular weight excluding hydrogens is 155 g/mol. The number of benzene rings is 1. The SMILES string of the molecule is CC.Cc1cccc(C)c1.F.[OH]. The zero-order valence-electron chi connectivity index (χ0n) is 8.16. The van der Waals surface area contributed by atoms with Crippen LogP contribution < -0.4 is 0 Å². The zero-order chi connectivity index (χ0) is 7.98. The predicted molar refractivity (Wildman–Crippen MR) is 51.7 cm³/mol. The Morgan fingerprint density at radius 3 is 1.42 bits per heavy atom. The Hall–Kier alpha value is -0.890. The van der Waals surface area contributed by atoms with Crippen molar-refractivity contribution in [3.63, 3.8) is 0 Å². The summed E-state index contributed by atoms with van der Waals surface area (Å²) in [5.74, 6) is 0. The van der Waals surface area contributed by atoms with Gasteiger partial charge in [0.15, 0.2) is 0 Å². The number of halogens is 1. The lowest BCUT2D eigenvalue weighted by atomic mass is 10.2. The summed E-state index contributed by atoms with van der Waals surface area (Å²) in [6, 6.07) is 8.45. The first-order chi connectivity index (χ1) is 4.79.